The summed E-state index contributed by atoms with van der Waals surface area (Å²) in [5, 5.41) is 0. The van der Waals surface area contributed by atoms with Gasteiger partial charge in [-0.3, -0.25) is 0 Å². The van der Waals surface area contributed by atoms with Gasteiger partial charge in [0.25, 0.3) is 10.0 Å². The average Bonchev–Trinajstić information content (AvgIpc) is 3.16. The molecule has 0 saturated heterocycles. The lowest BCUT2D eigenvalue weighted by molar-refractivity contribution is 0.348. The summed E-state index contributed by atoms with van der Waals surface area (Å²) in [4.78, 5) is 0.245. The molecule has 0 aromatic heterocycles. The van der Waals surface area contributed by atoms with Gasteiger partial charge in [-0.2, -0.15) is 0 Å². The summed E-state index contributed by atoms with van der Waals surface area (Å²) in [6.07, 6.45) is 1.94. The van der Waals surface area contributed by atoms with E-state index in [1.54, 1.807) is 30.3 Å². The summed E-state index contributed by atoms with van der Waals surface area (Å²) in [7, 11) is -3.75. The molecule has 4 nitrogen and oxygen atoms in total. The van der Waals surface area contributed by atoms with Crippen molar-refractivity contribution in [1.29, 1.82) is 0 Å². The topological polar surface area (TPSA) is 49.4 Å². The normalized spacial score (nSPS) is 17.2. The van der Waals surface area contributed by atoms with E-state index in [0.717, 1.165) is 25.8 Å². The minimum Gasteiger partial charge on any atom is -0.304 e. The zero-order valence-corrected chi connectivity index (χ0v) is 18.6. The Labute approximate surface area is 181 Å². The Morgan fingerprint density at radius 2 is 1.36 bits per heavy atom. The molecule has 3 aromatic carbocycles. The van der Waals surface area contributed by atoms with Crippen molar-refractivity contribution in [3.63, 3.8) is 0 Å². The number of nitrogens with zero attached hydrogens (tertiary/aromatic N) is 1. The Kier molecular flexibility index (Phi) is 5.42. The highest BCUT2D eigenvalue weighted by Gasteiger charge is 2.36. The third-order valence-electron chi connectivity index (χ3n) is 4.47. The van der Waals surface area contributed by atoms with E-state index in [2.05, 4.69) is 37.3 Å². The molecular weight excluding hydrogens is 504 g/mol. The lowest BCUT2D eigenvalue weighted by Crippen LogP contribution is -2.39. The van der Waals surface area contributed by atoms with Gasteiger partial charge in [0.2, 0.25) is 0 Å². The zero-order valence-electron chi connectivity index (χ0n) is 14.6. The van der Waals surface area contributed by atoms with Crippen LogP contribution in [0.25, 0.3) is 5.70 Å². The quantitative estimate of drug-likeness (QED) is 0.495. The van der Waals surface area contributed by atoms with Gasteiger partial charge < -0.3 is 5.43 Å². The third kappa shape index (κ3) is 3.80. The second kappa shape index (κ2) is 7.83. The molecular formula is C21H16Br2N2O2S. The first kappa shape index (κ1) is 19.4. The molecule has 0 bridgehead atoms. The molecule has 1 heterocycles. The highest BCUT2D eigenvalue weighted by molar-refractivity contribution is 9.10. The molecule has 7 heteroatoms. The molecule has 0 spiro atoms. The van der Waals surface area contributed by atoms with Crippen molar-refractivity contribution in [2.75, 3.05) is 0 Å². The number of nitrogens with one attached hydrogen (secondary N) is 1. The van der Waals surface area contributed by atoms with Crippen molar-refractivity contribution in [3.8, 4) is 0 Å². The fourth-order valence-corrected chi connectivity index (χ4v) is 5.01. The van der Waals surface area contributed by atoms with E-state index in [9.17, 15) is 8.42 Å². The van der Waals surface area contributed by atoms with Gasteiger partial charge in [0.15, 0.2) is 0 Å². The van der Waals surface area contributed by atoms with E-state index in [-0.39, 0.29) is 4.90 Å². The van der Waals surface area contributed by atoms with Crippen molar-refractivity contribution in [3.05, 3.63) is 105 Å². The first-order chi connectivity index (χ1) is 13.4. The van der Waals surface area contributed by atoms with Crippen LogP contribution in [-0.2, 0) is 10.0 Å². The molecule has 3 aromatic rings. The number of hydrogen-bond donors (Lipinski definition) is 1. The van der Waals surface area contributed by atoms with E-state index in [0.29, 0.717) is 0 Å². The van der Waals surface area contributed by atoms with Crippen LogP contribution in [0, 0.1) is 0 Å². The van der Waals surface area contributed by atoms with Gasteiger partial charge in [-0.1, -0.05) is 74.3 Å². The summed E-state index contributed by atoms with van der Waals surface area (Å²) >= 11 is 6.87. The van der Waals surface area contributed by atoms with Crippen LogP contribution in [0.5, 0.6) is 0 Å². The van der Waals surface area contributed by atoms with Gasteiger partial charge >= 0.3 is 0 Å². The average molecular weight is 520 g/mol. The van der Waals surface area contributed by atoms with Gasteiger partial charge in [0.1, 0.15) is 0 Å². The molecule has 28 heavy (non-hydrogen) atoms. The van der Waals surface area contributed by atoms with Crippen LogP contribution in [0.3, 0.4) is 0 Å². The Hall–Kier alpha value is -1.93. The second-order valence-corrected chi connectivity index (χ2v) is 9.96. The van der Waals surface area contributed by atoms with Gasteiger partial charge in [-0.05, 0) is 53.6 Å². The molecule has 0 radical (unpaired) electrons. The predicted molar refractivity (Wildman–Crippen MR) is 118 cm³/mol. The Morgan fingerprint density at radius 3 is 1.96 bits per heavy atom. The lowest BCUT2D eigenvalue weighted by Gasteiger charge is -2.25. The number of benzene rings is 3. The van der Waals surface area contributed by atoms with Crippen LogP contribution in [0.1, 0.15) is 17.2 Å². The van der Waals surface area contributed by atoms with Crippen LogP contribution in [0.2, 0.25) is 0 Å². The highest BCUT2D eigenvalue weighted by Crippen LogP contribution is 2.36. The maximum atomic E-state index is 13.3. The third-order valence-corrected chi connectivity index (χ3v) is 7.24. The maximum absolute atomic E-state index is 13.3. The molecule has 1 aliphatic heterocycles. The standard InChI is InChI=1S/C21H16Br2N2O2S/c22-17-10-6-15(7-11-17)20-14-21(16-8-12-18(23)13-9-16)25(24-20)28(26,27)19-4-2-1-3-5-19/h1-14,21,24H/t21-/m1/s1. The first-order valence-corrected chi connectivity index (χ1v) is 11.6. The second-order valence-electron chi connectivity index (χ2n) is 6.31. The maximum Gasteiger partial charge on any atom is 0.260 e. The minimum absolute atomic E-state index is 0.245. The van der Waals surface area contributed by atoms with Crippen molar-refractivity contribution in [2.24, 2.45) is 0 Å². The molecule has 0 fully saturated rings. The summed E-state index contributed by atoms with van der Waals surface area (Å²) in [5.41, 5.74) is 5.65. The fraction of sp³-hybridized carbons (Fsp3) is 0.0476. The van der Waals surface area contributed by atoms with Crippen LogP contribution >= 0.6 is 31.9 Å². The molecule has 0 amide bonds. The Morgan fingerprint density at radius 1 is 0.786 bits per heavy atom. The molecule has 0 saturated carbocycles. The van der Waals surface area contributed by atoms with E-state index < -0.39 is 16.1 Å². The van der Waals surface area contributed by atoms with Crippen molar-refractivity contribution in [1.82, 2.24) is 9.84 Å². The number of rotatable bonds is 4. The molecule has 1 aliphatic rings. The molecule has 1 atom stereocenters. The highest BCUT2D eigenvalue weighted by atomic mass is 79.9. The predicted octanol–water partition coefficient (Wildman–Crippen LogP) is 5.50. The number of hydrazine groups is 1. The summed E-state index contributed by atoms with van der Waals surface area (Å²) in [6, 6.07) is 23.4. The van der Waals surface area contributed by atoms with Crippen LogP contribution in [0.15, 0.2) is 98.8 Å². The monoisotopic (exact) mass is 518 g/mol. The van der Waals surface area contributed by atoms with E-state index in [1.807, 2.05) is 54.6 Å². The Bertz CT molecular complexity index is 1110. The van der Waals surface area contributed by atoms with Crippen LogP contribution in [-0.4, -0.2) is 12.8 Å². The minimum atomic E-state index is -3.75. The fourth-order valence-electron chi connectivity index (χ4n) is 3.05. The number of sulfonamides is 1. The van der Waals surface area contributed by atoms with Gasteiger partial charge in [0.05, 0.1) is 16.6 Å². The SMILES string of the molecule is O=S(=O)(c1ccccc1)N1NC(c2ccc(Br)cc2)=C[C@@H]1c1ccc(Br)cc1. The number of hydrogen-bond acceptors (Lipinski definition) is 3. The van der Waals surface area contributed by atoms with Crippen LogP contribution < -0.4 is 5.43 Å². The first-order valence-electron chi connectivity index (χ1n) is 8.54. The summed E-state index contributed by atoms with van der Waals surface area (Å²) < 4.78 is 29.9. The van der Waals surface area contributed by atoms with Crippen molar-refractivity contribution in [2.45, 2.75) is 10.9 Å². The van der Waals surface area contributed by atoms with Gasteiger partial charge in [-0.15, -0.1) is 4.41 Å². The summed E-state index contributed by atoms with van der Waals surface area (Å²) in [6.45, 7) is 0. The van der Waals surface area contributed by atoms with E-state index in [4.69, 9.17) is 0 Å². The number of halogens is 2. The zero-order chi connectivity index (χ0) is 19.7. The van der Waals surface area contributed by atoms with E-state index >= 15 is 0 Å². The van der Waals surface area contributed by atoms with Crippen molar-refractivity contribution >= 4 is 47.6 Å². The molecule has 4 rings (SSSR count). The van der Waals surface area contributed by atoms with E-state index in [1.165, 1.54) is 4.41 Å². The molecule has 0 aliphatic carbocycles. The van der Waals surface area contributed by atoms with Crippen molar-refractivity contribution < 1.29 is 8.42 Å². The smallest absolute Gasteiger partial charge is 0.260 e. The molecule has 142 valence electrons. The largest absolute Gasteiger partial charge is 0.304 e. The molecule has 0 unspecified atom stereocenters. The Balaban J connectivity index is 1.78. The molecule has 1 N–H and O–H groups in total. The summed E-state index contributed by atoms with van der Waals surface area (Å²) in [5.74, 6) is 0. The lowest BCUT2D eigenvalue weighted by atomic mass is 10.1. The van der Waals surface area contributed by atoms with Gasteiger partial charge in [0, 0.05) is 8.95 Å². The van der Waals surface area contributed by atoms with Gasteiger partial charge in [-0.25, -0.2) is 8.42 Å². The van der Waals surface area contributed by atoms with Crippen LogP contribution in [0.4, 0.5) is 0 Å².